The minimum atomic E-state index is 1.24. The molecule has 0 aliphatic rings. The summed E-state index contributed by atoms with van der Waals surface area (Å²) < 4.78 is 0. The smallest absolute Gasteiger partial charge is 0.00923 e. The molecule has 0 aliphatic carbocycles. The van der Waals surface area contributed by atoms with Crippen LogP contribution in [-0.4, -0.2) is 0 Å². The molecule has 0 spiro atoms. The molecule has 10 aromatic rings. The van der Waals surface area contributed by atoms with Crippen LogP contribution >= 0.6 is 0 Å². The van der Waals surface area contributed by atoms with Crippen LogP contribution in [0.4, 0.5) is 0 Å². The summed E-state index contributed by atoms with van der Waals surface area (Å²) in [7, 11) is 0. The largest absolute Gasteiger partial charge is 0.0616 e. The summed E-state index contributed by atoms with van der Waals surface area (Å²) in [6.07, 6.45) is 0. The van der Waals surface area contributed by atoms with Crippen molar-refractivity contribution >= 4 is 53.9 Å². The molecule has 0 heteroatoms. The monoisotopic (exact) mass is 660 g/mol. The van der Waals surface area contributed by atoms with Crippen LogP contribution in [0.3, 0.4) is 0 Å². The average molecular weight is 661 g/mol. The molecule has 0 N–H and O–H groups in total. The van der Waals surface area contributed by atoms with E-state index in [0.717, 1.165) is 0 Å². The molecule has 0 saturated heterocycles. The maximum atomic E-state index is 2.43. The van der Waals surface area contributed by atoms with Gasteiger partial charge in [0.05, 0.1) is 0 Å². The van der Waals surface area contributed by atoms with Gasteiger partial charge in [0.2, 0.25) is 0 Å². The van der Waals surface area contributed by atoms with E-state index in [4.69, 9.17) is 0 Å². The Morgan fingerprint density at radius 2 is 0.346 bits per heavy atom. The molecule has 52 heavy (non-hydrogen) atoms. The van der Waals surface area contributed by atoms with Gasteiger partial charge in [-0.1, -0.05) is 133 Å². The molecule has 0 atom stereocenters. The van der Waals surface area contributed by atoms with Crippen LogP contribution in [0.25, 0.3) is 98.4 Å². The first-order valence-electron chi connectivity index (χ1n) is 18.2. The van der Waals surface area contributed by atoms with Crippen LogP contribution < -0.4 is 0 Å². The lowest BCUT2D eigenvalue weighted by Gasteiger charge is -2.21. The fourth-order valence-corrected chi connectivity index (χ4v) is 8.35. The van der Waals surface area contributed by atoms with Crippen molar-refractivity contribution in [3.63, 3.8) is 0 Å². The Labute approximate surface area is 304 Å². The normalized spacial score (nSPS) is 11.7. The predicted molar refractivity (Wildman–Crippen MR) is 225 cm³/mol. The van der Waals surface area contributed by atoms with Gasteiger partial charge in [-0.05, 0) is 172 Å². The SMILES string of the molecule is Cc1cc2ccccc2cc1-c1cc2ccccc2cc1-c1cc2ccccc2cc1-c1cc2ccccc2cc1-c1cc2ccccc2cc1C. The third-order valence-corrected chi connectivity index (χ3v) is 11.0. The van der Waals surface area contributed by atoms with Crippen molar-refractivity contribution in [2.24, 2.45) is 0 Å². The van der Waals surface area contributed by atoms with Crippen LogP contribution in [0.2, 0.25) is 0 Å². The molecular weight excluding hydrogens is 625 g/mol. The van der Waals surface area contributed by atoms with Gasteiger partial charge in [0.15, 0.2) is 0 Å². The van der Waals surface area contributed by atoms with Crippen molar-refractivity contribution < 1.29 is 0 Å². The van der Waals surface area contributed by atoms with Crippen LogP contribution in [-0.2, 0) is 0 Å². The van der Waals surface area contributed by atoms with Crippen LogP contribution in [0.15, 0.2) is 182 Å². The molecule has 0 radical (unpaired) electrons. The number of rotatable bonds is 4. The second-order valence-corrected chi connectivity index (χ2v) is 14.3. The molecule has 0 aliphatic heterocycles. The van der Waals surface area contributed by atoms with E-state index in [1.165, 1.54) is 109 Å². The molecule has 0 fully saturated rings. The standard InChI is InChI=1S/C52H36/c1-33-23-35-13-3-5-15-37(35)25-45(33)47-27-39-17-7-9-19-41(39)29-49(47)51-31-43-21-11-12-22-44(43)32-52(51)50-30-42-20-10-8-18-40(42)28-48(50)46-26-38-16-6-4-14-36(38)24-34(46)2/h3-32H,1-2H3. The van der Waals surface area contributed by atoms with Gasteiger partial charge in [-0.2, -0.15) is 0 Å². The minimum Gasteiger partial charge on any atom is -0.0616 e. The third kappa shape index (κ3) is 5.07. The van der Waals surface area contributed by atoms with Crippen molar-refractivity contribution in [2.45, 2.75) is 13.8 Å². The summed E-state index contributed by atoms with van der Waals surface area (Å²) in [5.74, 6) is 0. The van der Waals surface area contributed by atoms with Gasteiger partial charge in [0.1, 0.15) is 0 Å². The summed E-state index contributed by atoms with van der Waals surface area (Å²) in [5.41, 5.74) is 12.5. The van der Waals surface area contributed by atoms with E-state index in [-0.39, 0.29) is 0 Å². The Hall–Kier alpha value is -6.50. The van der Waals surface area contributed by atoms with Gasteiger partial charge in [-0.25, -0.2) is 0 Å². The van der Waals surface area contributed by atoms with Gasteiger partial charge in [-0.3, -0.25) is 0 Å². The van der Waals surface area contributed by atoms with Crippen LogP contribution in [0, 0.1) is 13.8 Å². The molecule has 0 unspecified atom stereocenters. The lowest BCUT2D eigenvalue weighted by atomic mass is 9.82. The maximum absolute atomic E-state index is 2.43. The van der Waals surface area contributed by atoms with Crippen molar-refractivity contribution in [1.29, 1.82) is 0 Å². The number of benzene rings is 10. The van der Waals surface area contributed by atoms with Crippen molar-refractivity contribution in [3.05, 3.63) is 193 Å². The zero-order chi connectivity index (χ0) is 34.8. The Balaban J connectivity index is 1.33. The van der Waals surface area contributed by atoms with Gasteiger partial charge in [0, 0.05) is 0 Å². The zero-order valence-corrected chi connectivity index (χ0v) is 29.3. The molecule has 0 amide bonds. The molecule has 0 bridgehead atoms. The molecular formula is C52H36. The van der Waals surface area contributed by atoms with E-state index >= 15 is 0 Å². The highest BCUT2D eigenvalue weighted by Gasteiger charge is 2.21. The summed E-state index contributed by atoms with van der Waals surface area (Å²) in [6.45, 7) is 4.51. The van der Waals surface area contributed by atoms with E-state index in [0.29, 0.717) is 0 Å². The summed E-state index contributed by atoms with van der Waals surface area (Å²) >= 11 is 0. The molecule has 10 aromatic carbocycles. The molecule has 0 nitrogen and oxygen atoms in total. The van der Waals surface area contributed by atoms with E-state index in [1.807, 2.05) is 0 Å². The van der Waals surface area contributed by atoms with E-state index in [2.05, 4.69) is 196 Å². The Morgan fingerprint density at radius 1 is 0.192 bits per heavy atom. The fourth-order valence-electron chi connectivity index (χ4n) is 8.35. The van der Waals surface area contributed by atoms with E-state index in [9.17, 15) is 0 Å². The van der Waals surface area contributed by atoms with Crippen LogP contribution in [0.5, 0.6) is 0 Å². The average Bonchev–Trinajstić information content (AvgIpc) is 3.19. The van der Waals surface area contributed by atoms with E-state index < -0.39 is 0 Å². The molecule has 10 rings (SSSR count). The lowest BCUT2D eigenvalue weighted by Crippen LogP contribution is -1.95. The number of fused-ring (bicyclic) bond motifs is 5. The molecule has 0 saturated carbocycles. The Kier molecular flexibility index (Phi) is 7.05. The van der Waals surface area contributed by atoms with E-state index in [1.54, 1.807) is 0 Å². The fraction of sp³-hybridized carbons (Fsp3) is 0.0385. The van der Waals surface area contributed by atoms with Gasteiger partial charge in [0.25, 0.3) is 0 Å². The lowest BCUT2D eigenvalue weighted by molar-refractivity contribution is 1.48. The van der Waals surface area contributed by atoms with Gasteiger partial charge >= 0.3 is 0 Å². The first-order valence-corrected chi connectivity index (χ1v) is 18.2. The van der Waals surface area contributed by atoms with Crippen molar-refractivity contribution in [3.8, 4) is 44.5 Å². The third-order valence-electron chi connectivity index (χ3n) is 11.0. The van der Waals surface area contributed by atoms with Gasteiger partial charge < -0.3 is 0 Å². The molecule has 244 valence electrons. The van der Waals surface area contributed by atoms with Crippen molar-refractivity contribution in [2.75, 3.05) is 0 Å². The highest BCUT2D eigenvalue weighted by molar-refractivity contribution is 6.08. The zero-order valence-electron chi connectivity index (χ0n) is 29.3. The first-order chi connectivity index (χ1) is 25.6. The summed E-state index contributed by atoms with van der Waals surface area (Å²) in [5, 5.41) is 12.5. The minimum absolute atomic E-state index is 1.24. The Morgan fingerprint density at radius 3 is 0.558 bits per heavy atom. The number of aryl methyl sites for hydroxylation is 2. The highest BCUT2D eigenvalue weighted by Crippen LogP contribution is 2.47. The second-order valence-electron chi connectivity index (χ2n) is 14.3. The maximum Gasteiger partial charge on any atom is -0.00923 e. The summed E-state index contributed by atoms with van der Waals surface area (Å²) in [6, 6.07) is 67.8. The van der Waals surface area contributed by atoms with Crippen molar-refractivity contribution in [1.82, 2.24) is 0 Å². The second kappa shape index (κ2) is 12.1. The topological polar surface area (TPSA) is 0 Å². The number of hydrogen-bond acceptors (Lipinski definition) is 0. The number of hydrogen-bond donors (Lipinski definition) is 0. The molecule has 0 aromatic heterocycles. The first kappa shape index (κ1) is 30.3. The van der Waals surface area contributed by atoms with Crippen LogP contribution in [0.1, 0.15) is 11.1 Å². The Bertz CT molecular complexity index is 2830. The summed E-state index contributed by atoms with van der Waals surface area (Å²) in [4.78, 5) is 0. The van der Waals surface area contributed by atoms with Gasteiger partial charge in [-0.15, -0.1) is 0 Å². The quantitative estimate of drug-likeness (QED) is 0.176. The predicted octanol–water partition coefficient (Wildman–Crippen LogP) is 14.7. The molecule has 0 heterocycles. The highest BCUT2D eigenvalue weighted by atomic mass is 14.2.